The third-order valence-corrected chi connectivity index (χ3v) is 8.19. The molecule has 1 aromatic heterocycles. The Balaban J connectivity index is 1.63. The second-order valence-corrected chi connectivity index (χ2v) is 11.4. The van der Waals surface area contributed by atoms with Crippen LogP contribution in [0, 0.1) is 0 Å². The number of aryl methyl sites for hydroxylation is 1. The minimum Gasteiger partial charge on any atom is -0.496 e. The molecule has 0 aliphatic carbocycles. The van der Waals surface area contributed by atoms with Crippen molar-refractivity contribution in [1.29, 1.82) is 0 Å². The Hall–Kier alpha value is -2.85. The summed E-state index contributed by atoms with van der Waals surface area (Å²) in [6.45, 7) is 4.19. The summed E-state index contributed by atoms with van der Waals surface area (Å²) in [4.78, 5) is 23.7. The molecule has 8 nitrogen and oxygen atoms in total. The lowest BCUT2D eigenvalue weighted by Crippen LogP contribution is -2.34. The fraction of sp³-hybridized carbons (Fsp3) is 0.483. The number of aromatic nitrogens is 1. The maximum Gasteiger partial charge on any atom is 0.220 e. The maximum atomic E-state index is 12.1. The highest BCUT2D eigenvalue weighted by Crippen LogP contribution is 2.35. The minimum atomic E-state index is 0.0767. The van der Waals surface area contributed by atoms with Gasteiger partial charge in [0.2, 0.25) is 11.8 Å². The van der Waals surface area contributed by atoms with E-state index >= 15 is 0 Å². The van der Waals surface area contributed by atoms with E-state index in [1.54, 1.807) is 42.9 Å². The highest BCUT2D eigenvalue weighted by Gasteiger charge is 2.10. The summed E-state index contributed by atoms with van der Waals surface area (Å²) in [6, 6.07) is 7.77. The number of methoxy groups -OCH3 is 3. The van der Waals surface area contributed by atoms with Gasteiger partial charge < -0.3 is 24.8 Å². The number of carbonyl (C=O) groups is 2. The number of hydrogen-bond donors (Lipinski definition) is 2. The zero-order valence-electron chi connectivity index (χ0n) is 23.5. The lowest BCUT2D eigenvalue weighted by Gasteiger charge is -2.12. The molecule has 2 aromatic rings. The van der Waals surface area contributed by atoms with Crippen molar-refractivity contribution in [2.75, 3.05) is 45.9 Å². The monoisotopic (exact) mass is 576 g/mol. The summed E-state index contributed by atoms with van der Waals surface area (Å²) in [5, 5.41) is 5.91. The number of amides is 2. The molecule has 2 rings (SSSR count). The van der Waals surface area contributed by atoms with Gasteiger partial charge in [0.1, 0.15) is 12.3 Å². The van der Waals surface area contributed by atoms with Gasteiger partial charge in [-0.2, -0.15) is 0 Å². The fourth-order valence-electron chi connectivity index (χ4n) is 3.62. The predicted molar refractivity (Wildman–Crippen MR) is 161 cm³/mol. The molecule has 0 fully saturated rings. The van der Waals surface area contributed by atoms with Crippen molar-refractivity contribution in [2.24, 2.45) is 0 Å². The number of carbonyl (C=O) groups excluding carboxylic acids is 2. The van der Waals surface area contributed by atoms with Crippen LogP contribution in [0.1, 0.15) is 50.2 Å². The minimum absolute atomic E-state index is 0.0767. The van der Waals surface area contributed by atoms with Gasteiger partial charge in [0, 0.05) is 67.6 Å². The smallest absolute Gasteiger partial charge is 0.220 e. The topological polar surface area (TPSA) is 89.8 Å². The molecule has 214 valence electrons. The number of benzene rings is 1. The highest BCUT2D eigenvalue weighted by atomic mass is 33.1. The molecule has 2 amide bonds. The Morgan fingerprint density at radius 2 is 1.38 bits per heavy atom. The normalized spacial score (nSPS) is 10.9. The summed E-state index contributed by atoms with van der Waals surface area (Å²) in [5.41, 5.74) is 1.94. The average molecular weight is 577 g/mol. The molecule has 1 aromatic carbocycles. The largest absolute Gasteiger partial charge is 0.496 e. The molecule has 0 aliphatic heterocycles. The number of pyridine rings is 1. The van der Waals surface area contributed by atoms with Crippen LogP contribution in [-0.2, 0) is 16.1 Å². The van der Waals surface area contributed by atoms with Crippen molar-refractivity contribution in [3.63, 3.8) is 0 Å². The van der Waals surface area contributed by atoms with Gasteiger partial charge >= 0.3 is 0 Å². The summed E-state index contributed by atoms with van der Waals surface area (Å²) in [6.07, 6.45) is 11.9. The van der Waals surface area contributed by atoms with Crippen LogP contribution in [0.25, 0.3) is 12.2 Å². The van der Waals surface area contributed by atoms with Crippen LogP contribution in [0.2, 0.25) is 0 Å². The molecule has 0 saturated carbocycles. The van der Waals surface area contributed by atoms with Gasteiger partial charge in [-0.25, -0.2) is 4.57 Å². The quantitative estimate of drug-likeness (QED) is 0.142. The summed E-state index contributed by atoms with van der Waals surface area (Å²) in [5.74, 6) is 3.89. The Morgan fingerprint density at radius 1 is 0.821 bits per heavy atom. The van der Waals surface area contributed by atoms with Crippen LogP contribution in [0.15, 0.2) is 36.7 Å². The molecule has 10 heteroatoms. The summed E-state index contributed by atoms with van der Waals surface area (Å²) < 4.78 is 18.3. The number of ether oxygens (including phenoxy) is 3. The Kier molecular flexibility index (Phi) is 16.0. The molecular weight excluding hydrogens is 534 g/mol. The molecule has 0 radical (unpaired) electrons. The summed E-state index contributed by atoms with van der Waals surface area (Å²) in [7, 11) is 8.27. The van der Waals surface area contributed by atoms with E-state index in [0.29, 0.717) is 43.2 Å². The van der Waals surface area contributed by atoms with Crippen molar-refractivity contribution >= 4 is 45.6 Å². The van der Waals surface area contributed by atoms with E-state index in [-0.39, 0.29) is 11.8 Å². The van der Waals surface area contributed by atoms with Gasteiger partial charge in [-0.05, 0) is 18.1 Å². The van der Waals surface area contributed by atoms with Gasteiger partial charge in [-0.1, -0.05) is 47.1 Å². The van der Waals surface area contributed by atoms with Crippen LogP contribution < -0.4 is 29.4 Å². The summed E-state index contributed by atoms with van der Waals surface area (Å²) >= 11 is 0. The predicted octanol–water partition coefficient (Wildman–Crippen LogP) is 4.75. The van der Waals surface area contributed by atoms with Crippen LogP contribution in [0.5, 0.6) is 17.2 Å². The number of nitrogens with one attached hydrogen (secondary N) is 2. The Morgan fingerprint density at radius 3 is 1.95 bits per heavy atom. The van der Waals surface area contributed by atoms with E-state index in [1.807, 2.05) is 48.8 Å². The number of rotatable bonds is 19. The molecule has 0 saturated heterocycles. The zero-order valence-corrected chi connectivity index (χ0v) is 25.1. The van der Waals surface area contributed by atoms with Crippen LogP contribution in [-0.4, -0.2) is 57.7 Å². The SMILES string of the molecule is CCCCC(=O)NCCSSCCNC(=O)CCC[n+]1ccc(/C=C/c2cc(OC)c(OC)cc2OC)cc1. The standard InChI is InChI=1S/C29H41N3O5S2/c1-5-6-8-28(33)30-14-19-38-39-20-15-31-29(34)9-7-16-32-17-12-23(13-18-32)10-11-24-21-26(36-3)27(37-4)22-25(24)35-2/h10-13,17-18,21-22H,5-9,14-16,19-20H2,1-4H3,(H-,30,31,33,34)/p+1/b11-10+. The van der Waals surface area contributed by atoms with Crippen molar-refractivity contribution in [3.05, 3.63) is 47.8 Å². The van der Waals surface area contributed by atoms with Gasteiger partial charge in [0.05, 0.1) is 21.3 Å². The second kappa shape index (κ2) is 19.2. The lowest BCUT2D eigenvalue weighted by atomic mass is 10.1. The molecular formula is C29H42N3O5S2+. The van der Waals surface area contributed by atoms with Crippen LogP contribution >= 0.6 is 21.6 Å². The second-order valence-electron chi connectivity index (χ2n) is 8.70. The first-order chi connectivity index (χ1) is 19.0. The maximum absolute atomic E-state index is 12.1. The van der Waals surface area contributed by atoms with Crippen molar-refractivity contribution < 1.29 is 28.4 Å². The lowest BCUT2D eigenvalue weighted by molar-refractivity contribution is -0.697. The third kappa shape index (κ3) is 12.7. The molecule has 0 atom stereocenters. The number of unbranched alkanes of at least 4 members (excludes halogenated alkanes) is 1. The van der Waals surface area contributed by atoms with E-state index in [0.717, 1.165) is 48.4 Å². The van der Waals surface area contributed by atoms with Crippen LogP contribution in [0.3, 0.4) is 0 Å². The van der Waals surface area contributed by atoms with Crippen molar-refractivity contribution in [1.82, 2.24) is 10.6 Å². The Labute approximate surface area is 240 Å². The number of hydrogen-bond acceptors (Lipinski definition) is 7. The third-order valence-electron chi connectivity index (χ3n) is 5.78. The first-order valence-electron chi connectivity index (χ1n) is 13.3. The molecule has 0 bridgehead atoms. The van der Waals surface area contributed by atoms with Crippen molar-refractivity contribution in [3.8, 4) is 17.2 Å². The van der Waals surface area contributed by atoms with Gasteiger partial charge in [-0.15, -0.1) is 0 Å². The molecule has 0 aliphatic rings. The van der Waals surface area contributed by atoms with Crippen LogP contribution in [0.4, 0.5) is 0 Å². The highest BCUT2D eigenvalue weighted by molar-refractivity contribution is 8.76. The van der Waals surface area contributed by atoms with E-state index < -0.39 is 0 Å². The molecule has 2 N–H and O–H groups in total. The van der Waals surface area contributed by atoms with Gasteiger partial charge in [0.25, 0.3) is 0 Å². The van der Waals surface area contributed by atoms with Gasteiger partial charge in [0.15, 0.2) is 23.9 Å². The zero-order chi connectivity index (χ0) is 28.3. The van der Waals surface area contributed by atoms with E-state index in [2.05, 4.69) is 22.1 Å². The van der Waals surface area contributed by atoms with Gasteiger partial charge in [-0.3, -0.25) is 9.59 Å². The molecule has 0 unspecified atom stereocenters. The van der Waals surface area contributed by atoms with Crippen molar-refractivity contribution in [2.45, 2.75) is 45.6 Å². The first kappa shape index (κ1) is 32.4. The van der Waals surface area contributed by atoms with E-state index in [1.165, 1.54) is 0 Å². The first-order valence-corrected chi connectivity index (χ1v) is 15.7. The molecule has 39 heavy (non-hydrogen) atoms. The molecule has 1 heterocycles. The van der Waals surface area contributed by atoms with E-state index in [9.17, 15) is 9.59 Å². The fourth-order valence-corrected chi connectivity index (χ4v) is 5.43. The van der Waals surface area contributed by atoms with E-state index in [4.69, 9.17) is 14.2 Å². The number of nitrogens with zero attached hydrogens (tertiary/aromatic N) is 1. The Bertz CT molecular complexity index is 1050. The average Bonchev–Trinajstić information content (AvgIpc) is 2.96. The molecule has 0 spiro atoms.